The predicted molar refractivity (Wildman–Crippen MR) is 103 cm³/mol. The van der Waals surface area contributed by atoms with Gasteiger partial charge in [0.25, 0.3) is 0 Å². The van der Waals surface area contributed by atoms with E-state index in [4.69, 9.17) is 4.98 Å². The first-order chi connectivity index (χ1) is 12.7. The van der Waals surface area contributed by atoms with Gasteiger partial charge in [-0.3, -0.25) is 9.59 Å². The van der Waals surface area contributed by atoms with E-state index in [0.717, 1.165) is 47.7 Å². The van der Waals surface area contributed by atoms with Crippen LogP contribution in [0.4, 0.5) is 0 Å². The molecular weight excluding hydrogens is 346 g/mol. The van der Waals surface area contributed by atoms with Crippen LogP contribution < -0.4 is 0 Å². The number of para-hydroxylation sites is 2. The summed E-state index contributed by atoms with van der Waals surface area (Å²) in [4.78, 5) is 35.2. The molecule has 1 N–H and O–H groups in total. The lowest BCUT2D eigenvalue weighted by Crippen LogP contribution is -2.38. The Morgan fingerprint density at radius 1 is 1.12 bits per heavy atom. The van der Waals surface area contributed by atoms with Crippen molar-refractivity contribution < 1.29 is 9.59 Å². The van der Waals surface area contributed by atoms with Crippen LogP contribution in [0.5, 0.6) is 0 Å². The van der Waals surface area contributed by atoms with Crippen LogP contribution in [-0.4, -0.2) is 39.6 Å². The largest absolute Gasteiger partial charge is 0.343 e. The van der Waals surface area contributed by atoms with Gasteiger partial charge in [0.1, 0.15) is 5.82 Å². The fourth-order valence-electron chi connectivity index (χ4n) is 3.51. The highest BCUT2D eigenvalue weighted by atomic mass is 32.1. The summed E-state index contributed by atoms with van der Waals surface area (Å²) in [5, 5.41) is 1.89. The van der Waals surface area contributed by atoms with E-state index in [9.17, 15) is 9.59 Å². The number of amides is 1. The molecule has 0 saturated carbocycles. The summed E-state index contributed by atoms with van der Waals surface area (Å²) in [5.74, 6) is 1.52. The average molecular weight is 367 g/mol. The van der Waals surface area contributed by atoms with E-state index in [2.05, 4.69) is 4.98 Å². The number of carbonyl (C=O) groups excluding carboxylic acids is 2. The van der Waals surface area contributed by atoms with E-state index in [-0.39, 0.29) is 11.7 Å². The van der Waals surface area contributed by atoms with Crippen molar-refractivity contribution in [1.29, 1.82) is 0 Å². The number of Topliss-reactive ketones (excluding diaryl/α,β-unsaturated/α-hetero) is 1. The molecule has 1 fully saturated rings. The minimum absolute atomic E-state index is 0.0607. The number of hydrogen-bond donors (Lipinski definition) is 1. The Bertz CT molecular complexity index is 875. The molecule has 1 aliphatic heterocycles. The molecule has 1 saturated heterocycles. The van der Waals surface area contributed by atoms with Gasteiger partial charge in [-0.1, -0.05) is 18.2 Å². The summed E-state index contributed by atoms with van der Waals surface area (Å²) >= 11 is 1.43. The molecule has 0 bridgehead atoms. The quantitative estimate of drug-likeness (QED) is 0.693. The first-order valence-electron chi connectivity index (χ1n) is 9.00. The van der Waals surface area contributed by atoms with Crippen LogP contribution >= 0.6 is 11.3 Å². The van der Waals surface area contributed by atoms with Crippen molar-refractivity contribution in [2.24, 2.45) is 0 Å². The number of fused-ring (bicyclic) bond motifs is 1. The van der Waals surface area contributed by atoms with Crippen molar-refractivity contribution in [2.75, 3.05) is 13.1 Å². The molecule has 2 aromatic heterocycles. The molecule has 4 rings (SSSR count). The topological polar surface area (TPSA) is 66.1 Å². The molecule has 0 unspecified atom stereocenters. The van der Waals surface area contributed by atoms with Gasteiger partial charge >= 0.3 is 0 Å². The van der Waals surface area contributed by atoms with Gasteiger partial charge in [0.2, 0.25) is 5.91 Å². The number of carbonyl (C=O) groups is 2. The van der Waals surface area contributed by atoms with E-state index in [1.165, 1.54) is 11.3 Å². The maximum absolute atomic E-state index is 12.4. The van der Waals surface area contributed by atoms with Crippen LogP contribution in [0.1, 0.15) is 47.1 Å². The molecule has 26 heavy (non-hydrogen) atoms. The molecule has 3 aromatic rings. The third-order valence-electron chi connectivity index (χ3n) is 5.00. The lowest BCUT2D eigenvalue weighted by molar-refractivity contribution is -0.132. The van der Waals surface area contributed by atoms with Crippen LogP contribution in [-0.2, 0) is 4.79 Å². The number of hydrogen-bond acceptors (Lipinski definition) is 4. The normalized spacial score (nSPS) is 15.5. The van der Waals surface area contributed by atoms with Gasteiger partial charge in [0, 0.05) is 31.8 Å². The number of benzene rings is 1. The van der Waals surface area contributed by atoms with E-state index in [1.54, 1.807) is 0 Å². The fraction of sp³-hybridized carbons (Fsp3) is 0.350. The third-order valence-corrected chi connectivity index (χ3v) is 5.91. The Morgan fingerprint density at radius 2 is 1.92 bits per heavy atom. The van der Waals surface area contributed by atoms with Gasteiger partial charge in [-0.2, -0.15) is 0 Å². The Kier molecular flexibility index (Phi) is 4.84. The van der Waals surface area contributed by atoms with Gasteiger partial charge in [0.05, 0.1) is 15.9 Å². The number of thiophene rings is 1. The zero-order valence-electron chi connectivity index (χ0n) is 14.5. The molecule has 6 heteroatoms. The Balaban J connectivity index is 1.30. The smallest absolute Gasteiger partial charge is 0.223 e. The zero-order valence-corrected chi connectivity index (χ0v) is 15.3. The SMILES string of the molecule is O=C(CCC(=O)N1CCC(c2nc3ccccc3[nH]2)CC1)c1cccs1. The minimum Gasteiger partial charge on any atom is -0.343 e. The molecule has 0 radical (unpaired) electrons. The number of aromatic amines is 1. The lowest BCUT2D eigenvalue weighted by Gasteiger charge is -2.31. The Hall–Kier alpha value is -2.47. The van der Waals surface area contributed by atoms with Crippen molar-refractivity contribution >= 4 is 34.1 Å². The number of imidazole rings is 1. The van der Waals surface area contributed by atoms with Crippen LogP contribution in [0, 0.1) is 0 Å². The summed E-state index contributed by atoms with van der Waals surface area (Å²) < 4.78 is 0. The van der Waals surface area contributed by atoms with Crippen molar-refractivity contribution in [3.8, 4) is 0 Å². The average Bonchev–Trinajstić information content (AvgIpc) is 3.35. The summed E-state index contributed by atoms with van der Waals surface area (Å²) in [6, 6.07) is 11.7. The van der Waals surface area contributed by atoms with E-state index >= 15 is 0 Å². The van der Waals surface area contributed by atoms with Crippen LogP contribution in [0.25, 0.3) is 11.0 Å². The van der Waals surface area contributed by atoms with Crippen LogP contribution in [0.3, 0.4) is 0 Å². The summed E-state index contributed by atoms with van der Waals surface area (Å²) in [5.41, 5.74) is 2.06. The number of aromatic nitrogens is 2. The molecule has 1 aromatic carbocycles. The molecule has 0 atom stereocenters. The number of piperidine rings is 1. The lowest BCUT2D eigenvalue weighted by atomic mass is 9.96. The Labute approximate surface area is 156 Å². The highest BCUT2D eigenvalue weighted by molar-refractivity contribution is 7.12. The summed E-state index contributed by atoms with van der Waals surface area (Å²) in [6.45, 7) is 1.46. The molecule has 5 nitrogen and oxygen atoms in total. The standard InChI is InChI=1S/C20H21N3O2S/c24-17(18-6-3-13-26-18)7-8-19(25)23-11-9-14(10-12-23)20-21-15-4-1-2-5-16(15)22-20/h1-6,13-14H,7-12H2,(H,21,22). The molecule has 3 heterocycles. The number of likely N-dealkylation sites (tertiary alicyclic amines) is 1. The first-order valence-corrected chi connectivity index (χ1v) is 9.88. The number of nitrogens with zero attached hydrogens (tertiary/aromatic N) is 2. The second-order valence-corrected chi connectivity index (χ2v) is 7.64. The molecule has 134 valence electrons. The molecule has 0 aliphatic carbocycles. The first kappa shape index (κ1) is 17.0. The maximum atomic E-state index is 12.4. The molecule has 0 spiro atoms. The minimum atomic E-state index is 0.0607. The highest BCUT2D eigenvalue weighted by Crippen LogP contribution is 2.28. The number of rotatable bonds is 5. The van der Waals surface area contributed by atoms with Gasteiger partial charge in [0.15, 0.2) is 5.78 Å². The van der Waals surface area contributed by atoms with E-state index in [0.29, 0.717) is 18.8 Å². The number of H-pyrrole nitrogens is 1. The van der Waals surface area contributed by atoms with Crippen LogP contribution in [0.2, 0.25) is 0 Å². The van der Waals surface area contributed by atoms with E-state index < -0.39 is 0 Å². The monoisotopic (exact) mass is 367 g/mol. The van der Waals surface area contributed by atoms with Crippen molar-refractivity contribution in [3.05, 3.63) is 52.5 Å². The van der Waals surface area contributed by atoms with E-state index in [1.807, 2.05) is 46.7 Å². The highest BCUT2D eigenvalue weighted by Gasteiger charge is 2.26. The van der Waals surface area contributed by atoms with Crippen molar-refractivity contribution in [2.45, 2.75) is 31.6 Å². The third kappa shape index (κ3) is 3.55. The number of nitrogens with one attached hydrogen (secondary N) is 1. The van der Waals surface area contributed by atoms with Gasteiger partial charge in [-0.25, -0.2) is 4.98 Å². The molecular formula is C20H21N3O2S. The summed E-state index contributed by atoms with van der Waals surface area (Å²) in [6.07, 6.45) is 2.41. The second-order valence-electron chi connectivity index (χ2n) is 6.69. The van der Waals surface area contributed by atoms with Crippen molar-refractivity contribution in [3.63, 3.8) is 0 Å². The Morgan fingerprint density at radius 3 is 2.65 bits per heavy atom. The van der Waals surface area contributed by atoms with Gasteiger partial charge in [-0.05, 0) is 36.4 Å². The summed E-state index contributed by atoms with van der Waals surface area (Å²) in [7, 11) is 0. The number of ketones is 1. The fourth-order valence-corrected chi connectivity index (χ4v) is 4.20. The molecule has 1 aliphatic rings. The van der Waals surface area contributed by atoms with Crippen LogP contribution in [0.15, 0.2) is 41.8 Å². The second kappa shape index (κ2) is 7.41. The van der Waals surface area contributed by atoms with Gasteiger partial charge in [-0.15, -0.1) is 11.3 Å². The van der Waals surface area contributed by atoms with Gasteiger partial charge < -0.3 is 9.88 Å². The molecule has 1 amide bonds. The maximum Gasteiger partial charge on any atom is 0.223 e. The zero-order chi connectivity index (χ0) is 17.9. The van der Waals surface area contributed by atoms with Crippen molar-refractivity contribution in [1.82, 2.24) is 14.9 Å². The predicted octanol–water partition coefficient (Wildman–Crippen LogP) is 3.99.